The molecule has 5 heteroatoms. The minimum absolute atomic E-state index is 0.139. The van der Waals surface area contributed by atoms with Gasteiger partial charge in [-0.15, -0.1) is 0 Å². The molecule has 0 spiro atoms. The van der Waals surface area contributed by atoms with Gasteiger partial charge in [0.15, 0.2) is 0 Å². The van der Waals surface area contributed by atoms with Gasteiger partial charge in [-0.05, 0) is 48.4 Å². The molecular weight excluding hydrogens is 332 g/mol. The molecule has 1 unspecified atom stereocenters. The molecule has 0 aromatic heterocycles. The highest BCUT2D eigenvalue weighted by Gasteiger charge is 2.32. The number of hydrogen-bond acceptors (Lipinski definition) is 3. The number of benzene rings is 3. The SMILES string of the molecule is Cc1ccc(S(=O)(=O)NC(C)(C#N)c2ccc3ccccc3c2)cc1. The van der Waals surface area contributed by atoms with Crippen LogP contribution in [0, 0.1) is 18.3 Å². The molecule has 0 bridgehead atoms. The minimum atomic E-state index is -3.82. The summed E-state index contributed by atoms with van der Waals surface area (Å²) in [5.74, 6) is 0. The minimum Gasteiger partial charge on any atom is -0.207 e. The van der Waals surface area contributed by atoms with E-state index in [0.29, 0.717) is 5.56 Å². The van der Waals surface area contributed by atoms with Crippen molar-refractivity contribution in [2.75, 3.05) is 0 Å². The van der Waals surface area contributed by atoms with Crippen LogP contribution in [0.25, 0.3) is 10.8 Å². The highest BCUT2D eigenvalue weighted by atomic mass is 32.2. The number of rotatable bonds is 4. The molecule has 0 aliphatic heterocycles. The quantitative estimate of drug-likeness (QED) is 0.776. The summed E-state index contributed by atoms with van der Waals surface area (Å²) < 4.78 is 27.9. The molecule has 1 N–H and O–H groups in total. The van der Waals surface area contributed by atoms with Crippen molar-refractivity contribution < 1.29 is 8.42 Å². The van der Waals surface area contributed by atoms with Crippen molar-refractivity contribution in [3.8, 4) is 6.07 Å². The Balaban J connectivity index is 2.02. The summed E-state index contributed by atoms with van der Waals surface area (Å²) in [6.45, 7) is 3.46. The van der Waals surface area contributed by atoms with Gasteiger partial charge in [-0.2, -0.15) is 9.98 Å². The normalized spacial score (nSPS) is 14.0. The second-order valence-electron chi connectivity index (χ2n) is 6.22. The second-order valence-corrected chi connectivity index (χ2v) is 7.90. The summed E-state index contributed by atoms with van der Waals surface area (Å²) in [4.78, 5) is 0.139. The average molecular weight is 350 g/mol. The van der Waals surface area contributed by atoms with Gasteiger partial charge in [-0.25, -0.2) is 8.42 Å². The summed E-state index contributed by atoms with van der Waals surface area (Å²) in [7, 11) is -3.82. The molecule has 1 atom stereocenters. The fraction of sp³-hybridized carbons (Fsp3) is 0.150. The van der Waals surface area contributed by atoms with E-state index in [1.807, 2.05) is 43.3 Å². The molecule has 25 heavy (non-hydrogen) atoms. The third-order valence-electron chi connectivity index (χ3n) is 4.22. The van der Waals surface area contributed by atoms with Crippen LogP contribution in [-0.2, 0) is 15.6 Å². The van der Waals surface area contributed by atoms with Crippen molar-refractivity contribution in [2.24, 2.45) is 0 Å². The molecule has 3 aromatic carbocycles. The van der Waals surface area contributed by atoms with E-state index in [0.717, 1.165) is 16.3 Å². The molecule has 3 aromatic rings. The lowest BCUT2D eigenvalue weighted by atomic mass is 9.93. The average Bonchev–Trinajstić information content (AvgIpc) is 2.61. The summed E-state index contributed by atoms with van der Waals surface area (Å²) in [6.07, 6.45) is 0. The standard InChI is InChI=1S/C20H18N2O2S/c1-15-7-11-19(12-8-15)25(23,24)22-20(2,14-21)18-10-9-16-5-3-4-6-17(16)13-18/h3-13,22H,1-2H3. The van der Waals surface area contributed by atoms with Gasteiger partial charge in [0.2, 0.25) is 10.0 Å². The number of aryl methyl sites for hydroxylation is 1. The van der Waals surface area contributed by atoms with Gasteiger partial charge < -0.3 is 0 Å². The first-order chi connectivity index (χ1) is 11.8. The van der Waals surface area contributed by atoms with Crippen molar-refractivity contribution in [3.05, 3.63) is 77.9 Å². The second kappa shape index (κ2) is 6.32. The van der Waals surface area contributed by atoms with E-state index in [9.17, 15) is 13.7 Å². The monoisotopic (exact) mass is 350 g/mol. The number of fused-ring (bicyclic) bond motifs is 1. The lowest BCUT2D eigenvalue weighted by Crippen LogP contribution is -2.42. The maximum Gasteiger partial charge on any atom is 0.242 e. The van der Waals surface area contributed by atoms with Crippen molar-refractivity contribution in [3.63, 3.8) is 0 Å². The van der Waals surface area contributed by atoms with E-state index >= 15 is 0 Å². The topological polar surface area (TPSA) is 70.0 Å². The van der Waals surface area contributed by atoms with Crippen LogP contribution in [0.5, 0.6) is 0 Å². The molecule has 0 heterocycles. The Hall–Kier alpha value is -2.68. The van der Waals surface area contributed by atoms with E-state index in [2.05, 4.69) is 10.8 Å². The van der Waals surface area contributed by atoms with Gasteiger partial charge in [0.25, 0.3) is 0 Å². The lowest BCUT2D eigenvalue weighted by molar-refractivity contribution is 0.524. The van der Waals surface area contributed by atoms with Crippen LogP contribution in [0.4, 0.5) is 0 Å². The highest BCUT2D eigenvalue weighted by Crippen LogP contribution is 2.26. The Labute approximate surface area is 147 Å². The van der Waals surface area contributed by atoms with E-state index < -0.39 is 15.6 Å². The largest absolute Gasteiger partial charge is 0.242 e. The number of hydrogen-bond donors (Lipinski definition) is 1. The zero-order chi connectivity index (χ0) is 18.1. The van der Waals surface area contributed by atoms with E-state index in [1.165, 1.54) is 12.1 Å². The third-order valence-corrected chi connectivity index (χ3v) is 5.79. The molecule has 4 nitrogen and oxygen atoms in total. The predicted octanol–water partition coefficient (Wildman–Crippen LogP) is 3.87. The molecule has 0 aliphatic rings. The summed E-state index contributed by atoms with van der Waals surface area (Å²) in [6, 6.07) is 21.9. The van der Waals surface area contributed by atoms with Crippen LogP contribution in [0.3, 0.4) is 0 Å². The maximum absolute atomic E-state index is 12.7. The van der Waals surface area contributed by atoms with Gasteiger partial charge in [0.05, 0.1) is 11.0 Å². The van der Waals surface area contributed by atoms with E-state index in [1.54, 1.807) is 25.1 Å². The summed E-state index contributed by atoms with van der Waals surface area (Å²) >= 11 is 0. The van der Waals surface area contributed by atoms with Crippen LogP contribution >= 0.6 is 0 Å². The molecule has 0 amide bonds. The first-order valence-electron chi connectivity index (χ1n) is 7.85. The fourth-order valence-electron chi connectivity index (χ4n) is 2.69. The fourth-order valence-corrected chi connectivity index (χ4v) is 4.00. The molecule has 3 rings (SSSR count). The number of nitriles is 1. The molecule has 0 radical (unpaired) electrons. The number of nitrogens with one attached hydrogen (secondary N) is 1. The van der Waals surface area contributed by atoms with Gasteiger partial charge in [-0.3, -0.25) is 0 Å². The van der Waals surface area contributed by atoms with Crippen molar-refractivity contribution in [1.29, 1.82) is 5.26 Å². The van der Waals surface area contributed by atoms with Crippen LogP contribution < -0.4 is 4.72 Å². The molecule has 0 fully saturated rings. The van der Waals surface area contributed by atoms with Gasteiger partial charge in [0.1, 0.15) is 5.54 Å². The number of nitrogens with zero attached hydrogens (tertiary/aromatic N) is 1. The Bertz CT molecular complexity index is 1070. The first kappa shape index (κ1) is 17.2. The van der Waals surface area contributed by atoms with Crippen LogP contribution in [0.15, 0.2) is 71.6 Å². The third kappa shape index (κ3) is 3.41. The van der Waals surface area contributed by atoms with Crippen molar-refractivity contribution >= 4 is 20.8 Å². The Kier molecular flexibility index (Phi) is 4.34. The van der Waals surface area contributed by atoms with Crippen LogP contribution in [-0.4, -0.2) is 8.42 Å². The maximum atomic E-state index is 12.7. The van der Waals surface area contributed by atoms with Crippen molar-refractivity contribution in [1.82, 2.24) is 4.72 Å². The molecule has 0 saturated heterocycles. The zero-order valence-corrected chi connectivity index (χ0v) is 14.8. The van der Waals surface area contributed by atoms with Gasteiger partial charge in [0, 0.05) is 0 Å². The van der Waals surface area contributed by atoms with Crippen LogP contribution in [0.2, 0.25) is 0 Å². The Morgan fingerprint density at radius 1 is 0.960 bits per heavy atom. The van der Waals surface area contributed by atoms with E-state index in [-0.39, 0.29) is 4.90 Å². The zero-order valence-electron chi connectivity index (χ0n) is 14.0. The van der Waals surface area contributed by atoms with E-state index in [4.69, 9.17) is 0 Å². The summed E-state index contributed by atoms with van der Waals surface area (Å²) in [5, 5.41) is 11.7. The van der Waals surface area contributed by atoms with Crippen molar-refractivity contribution in [2.45, 2.75) is 24.3 Å². The lowest BCUT2D eigenvalue weighted by Gasteiger charge is -2.24. The van der Waals surface area contributed by atoms with Gasteiger partial charge in [-0.1, -0.05) is 54.1 Å². The smallest absolute Gasteiger partial charge is 0.207 e. The molecule has 0 saturated carbocycles. The predicted molar refractivity (Wildman–Crippen MR) is 98.4 cm³/mol. The number of sulfonamides is 1. The Morgan fingerprint density at radius 3 is 2.24 bits per heavy atom. The van der Waals surface area contributed by atoms with Crippen LogP contribution in [0.1, 0.15) is 18.1 Å². The summed E-state index contributed by atoms with van der Waals surface area (Å²) in [5.41, 5.74) is 0.203. The van der Waals surface area contributed by atoms with Gasteiger partial charge >= 0.3 is 0 Å². The Morgan fingerprint density at radius 2 is 1.60 bits per heavy atom. The molecule has 0 aliphatic carbocycles. The molecule has 126 valence electrons. The first-order valence-corrected chi connectivity index (χ1v) is 9.34. The molecular formula is C20H18N2O2S. The highest BCUT2D eigenvalue weighted by molar-refractivity contribution is 7.89.